The van der Waals surface area contributed by atoms with Crippen LogP contribution in [0.4, 0.5) is 5.69 Å². The van der Waals surface area contributed by atoms with Crippen LogP contribution in [0.2, 0.25) is 0 Å². The van der Waals surface area contributed by atoms with Gasteiger partial charge in [-0.25, -0.2) is 4.79 Å². The summed E-state index contributed by atoms with van der Waals surface area (Å²) in [5.41, 5.74) is 0.828. The van der Waals surface area contributed by atoms with Gasteiger partial charge >= 0.3 is 5.97 Å². The number of anilines is 1. The molecule has 86 valence electrons. The summed E-state index contributed by atoms with van der Waals surface area (Å²) >= 11 is 7.02. The van der Waals surface area contributed by atoms with Gasteiger partial charge in [0.2, 0.25) is 0 Å². The van der Waals surface area contributed by atoms with Crippen molar-refractivity contribution < 1.29 is 9.90 Å². The first-order valence-electron chi connectivity index (χ1n) is 4.53. The molecule has 0 aromatic heterocycles. The molecular formula is C11H12ClNO2S. The van der Waals surface area contributed by atoms with E-state index in [0.29, 0.717) is 17.3 Å². The summed E-state index contributed by atoms with van der Waals surface area (Å²) in [7, 11) is 0. The fraction of sp³-hybridized carbons (Fsp3) is 0.182. The minimum absolute atomic E-state index is 0.271. The number of carboxylic acid groups (broad SMARTS) is 1. The summed E-state index contributed by atoms with van der Waals surface area (Å²) < 4.78 is 0. The standard InChI is InChI=1S/C11H12ClNO2S/c1-7(12)6-13-8-4-3-5-9(16-2)10(8)11(14)15/h3-5,13H,1,6H2,2H3,(H,14,15). The number of hydrogen-bond acceptors (Lipinski definition) is 3. The van der Waals surface area contributed by atoms with Gasteiger partial charge in [0.15, 0.2) is 0 Å². The van der Waals surface area contributed by atoms with E-state index in [1.54, 1.807) is 18.2 Å². The van der Waals surface area contributed by atoms with Gasteiger partial charge in [0.05, 0.1) is 17.8 Å². The predicted molar refractivity (Wildman–Crippen MR) is 68.7 cm³/mol. The molecule has 0 heterocycles. The Morgan fingerprint density at radius 1 is 1.62 bits per heavy atom. The Balaban J connectivity index is 3.07. The molecule has 0 radical (unpaired) electrons. The van der Waals surface area contributed by atoms with Gasteiger partial charge in [-0.3, -0.25) is 0 Å². The van der Waals surface area contributed by atoms with Crippen molar-refractivity contribution in [1.82, 2.24) is 0 Å². The molecule has 3 nitrogen and oxygen atoms in total. The molecule has 0 saturated carbocycles. The summed E-state index contributed by atoms with van der Waals surface area (Å²) in [4.78, 5) is 11.9. The van der Waals surface area contributed by atoms with Crippen molar-refractivity contribution in [2.24, 2.45) is 0 Å². The van der Waals surface area contributed by atoms with Gasteiger partial charge in [-0.05, 0) is 18.4 Å². The Morgan fingerprint density at radius 2 is 2.31 bits per heavy atom. The van der Waals surface area contributed by atoms with Gasteiger partial charge in [-0.15, -0.1) is 11.8 Å². The number of hydrogen-bond donors (Lipinski definition) is 2. The second-order valence-corrected chi connectivity index (χ2v) is 4.44. The number of halogens is 1. The molecule has 0 aliphatic rings. The second-order valence-electron chi connectivity index (χ2n) is 3.06. The zero-order valence-corrected chi connectivity index (χ0v) is 10.4. The average molecular weight is 258 g/mol. The van der Waals surface area contributed by atoms with Crippen LogP contribution in [0.3, 0.4) is 0 Å². The number of carbonyl (C=O) groups is 1. The number of carboxylic acids is 1. The van der Waals surface area contributed by atoms with Crippen LogP contribution in [0.15, 0.2) is 34.7 Å². The van der Waals surface area contributed by atoms with E-state index in [9.17, 15) is 4.79 Å². The number of aromatic carboxylic acids is 1. The van der Waals surface area contributed by atoms with Crippen LogP contribution in [0.5, 0.6) is 0 Å². The molecule has 2 N–H and O–H groups in total. The van der Waals surface area contributed by atoms with Gasteiger partial charge in [0.25, 0.3) is 0 Å². The lowest BCUT2D eigenvalue weighted by atomic mass is 10.2. The summed E-state index contributed by atoms with van der Waals surface area (Å²) in [6, 6.07) is 5.29. The Bertz CT molecular complexity index is 420. The lowest BCUT2D eigenvalue weighted by Gasteiger charge is -2.11. The highest BCUT2D eigenvalue weighted by molar-refractivity contribution is 7.98. The Labute approximate surface area is 103 Å². The number of thioether (sulfide) groups is 1. The lowest BCUT2D eigenvalue weighted by molar-refractivity contribution is 0.0694. The summed E-state index contributed by atoms with van der Waals surface area (Å²) in [5.74, 6) is -0.951. The van der Waals surface area contributed by atoms with E-state index in [4.69, 9.17) is 16.7 Å². The third kappa shape index (κ3) is 3.18. The zero-order chi connectivity index (χ0) is 12.1. The van der Waals surface area contributed by atoms with E-state index in [-0.39, 0.29) is 5.56 Å². The van der Waals surface area contributed by atoms with Crippen molar-refractivity contribution >= 4 is 35.0 Å². The molecule has 0 aliphatic carbocycles. The first-order valence-corrected chi connectivity index (χ1v) is 6.14. The highest BCUT2D eigenvalue weighted by Crippen LogP contribution is 2.27. The molecule has 0 bridgehead atoms. The number of benzene rings is 1. The maximum Gasteiger partial charge on any atom is 0.338 e. The highest BCUT2D eigenvalue weighted by atomic mass is 35.5. The third-order valence-electron chi connectivity index (χ3n) is 1.93. The van der Waals surface area contributed by atoms with E-state index in [0.717, 1.165) is 4.90 Å². The molecule has 0 aliphatic heterocycles. The van der Waals surface area contributed by atoms with Gasteiger partial charge in [-0.1, -0.05) is 24.2 Å². The third-order valence-corrected chi connectivity index (χ3v) is 2.84. The van der Waals surface area contributed by atoms with Crippen molar-refractivity contribution in [3.05, 3.63) is 35.4 Å². The Hall–Kier alpha value is -1.13. The van der Waals surface area contributed by atoms with Crippen molar-refractivity contribution in [2.75, 3.05) is 18.1 Å². The molecule has 1 rings (SSSR count). The molecule has 0 fully saturated rings. The molecule has 1 aromatic carbocycles. The van der Waals surface area contributed by atoms with E-state index >= 15 is 0 Å². The fourth-order valence-electron chi connectivity index (χ4n) is 1.26. The molecule has 0 unspecified atom stereocenters. The maximum atomic E-state index is 11.1. The van der Waals surface area contributed by atoms with Crippen LogP contribution in [0, 0.1) is 0 Å². The van der Waals surface area contributed by atoms with E-state index in [2.05, 4.69) is 11.9 Å². The molecular weight excluding hydrogens is 246 g/mol. The van der Waals surface area contributed by atoms with Crippen molar-refractivity contribution in [3.8, 4) is 0 Å². The first kappa shape index (κ1) is 12.9. The van der Waals surface area contributed by atoms with Gasteiger partial charge in [-0.2, -0.15) is 0 Å². The van der Waals surface area contributed by atoms with Gasteiger partial charge in [0.1, 0.15) is 0 Å². The van der Waals surface area contributed by atoms with E-state index in [1.807, 2.05) is 6.26 Å². The minimum Gasteiger partial charge on any atom is -0.478 e. The molecule has 0 saturated heterocycles. The number of rotatable bonds is 5. The molecule has 0 atom stereocenters. The SMILES string of the molecule is C=C(Cl)CNc1cccc(SC)c1C(=O)O. The summed E-state index contributed by atoms with van der Waals surface area (Å²) in [6.45, 7) is 3.88. The topological polar surface area (TPSA) is 49.3 Å². The molecule has 5 heteroatoms. The highest BCUT2D eigenvalue weighted by Gasteiger charge is 2.14. The summed E-state index contributed by atoms with van der Waals surface area (Å²) in [6.07, 6.45) is 1.84. The zero-order valence-electron chi connectivity index (χ0n) is 8.79. The summed E-state index contributed by atoms with van der Waals surface area (Å²) in [5, 5.41) is 12.5. The largest absolute Gasteiger partial charge is 0.478 e. The fourth-order valence-corrected chi connectivity index (χ4v) is 1.94. The monoisotopic (exact) mass is 257 g/mol. The predicted octanol–water partition coefficient (Wildman–Crippen LogP) is 3.27. The first-order chi connectivity index (χ1) is 7.56. The minimum atomic E-state index is -0.951. The van der Waals surface area contributed by atoms with Crippen molar-refractivity contribution in [3.63, 3.8) is 0 Å². The van der Waals surface area contributed by atoms with E-state index in [1.165, 1.54) is 11.8 Å². The average Bonchev–Trinajstić information content (AvgIpc) is 2.25. The number of nitrogens with one attached hydrogen (secondary N) is 1. The Kier molecular flexibility index (Phi) is 4.71. The van der Waals surface area contributed by atoms with Gasteiger partial charge < -0.3 is 10.4 Å². The lowest BCUT2D eigenvalue weighted by Crippen LogP contribution is -2.08. The maximum absolute atomic E-state index is 11.1. The van der Waals surface area contributed by atoms with Crippen molar-refractivity contribution in [2.45, 2.75) is 4.90 Å². The van der Waals surface area contributed by atoms with Crippen LogP contribution in [0.25, 0.3) is 0 Å². The normalized spacial score (nSPS) is 9.88. The Morgan fingerprint density at radius 3 is 2.81 bits per heavy atom. The van der Waals surface area contributed by atoms with Crippen LogP contribution < -0.4 is 5.32 Å². The van der Waals surface area contributed by atoms with Crippen molar-refractivity contribution in [1.29, 1.82) is 0 Å². The quantitative estimate of drug-likeness (QED) is 0.795. The van der Waals surface area contributed by atoms with Crippen LogP contribution in [-0.2, 0) is 0 Å². The molecule has 0 amide bonds. The smallest absolute Gasteiger partial charge is 0.338 e. The molecule has 1 aromatic rings. The molecule has 16 heavy (non-hydrogen) atoms. The second kappa shape index (κ2) is 5.82. The van der Waals surface area contributed by atoms with Crippen LogP contribution in [0.1, 0.15) is 10.4 Å². The van der Waals surface area contributed by atoms with Crippen LogP contribution in [-0.4, -0.2) is 23.9 Å². The van der Waals surface area contributed by atoms with Crippen LogP contribution >= 0.6 is 23.4 Å². The van der Waals surface area contributed by atoms with E-state index < -0.39 is 5.97 Å². The molecule has 0 spiro atoms. The van der Waals surface area contributed by atoms with Gasteiger partial charge in [0, 0.05) is 9.93 Å².